The smallest absolute Gasteiger partial charge is 0.220 e. The maximum Gasteiger partial charge on any atom is 0.220 e. The van der Waals surface area contributed by atoms with Crippen LogP contribution < -0.4 is 5.32 Å². The average molecular weight is 435 g/mol. The third-order valence-electron chi connectivity index (χ3n) is 5.16. The number of nitrogens with zero attached hydrogens (tertiary/aromatic N) is 3. The molecule has 2 aromatic heterocycles. The van der Waals surface area contributed by atoms with Crippen LogP contribution >= 0.6 is 11.6 Å². The number of rotatable bonds is 7. The summed E-state index contributed by atoms with van der Waals surface area (Å²) in [6.45, 7) is 4.40. The van der Waals surface area contributed by atoms with Crippen molar-refractivity contribution in [2.75, 3.05) is 0 Å². The zero-order valence-electron chi connectivity index (χ0n) is 17.4. The minimum absolute atomic E-state index is 0.0660. The van der Waals surface area contributed by atoms with Crippen LogP contribution in [0.5, 0.6) is 0 Å². The fraction of sp³-hybridized carbons (Fsp3) is 0.208. The normalized spacial score (nSPS) is 10.9. The molecule has 0 atom stereocenters. The summed E-state index contributed by atoms with van der Waals surface area (Å²) in [5, 5.41) is 8.20. The van der Waals surface area contributed by atoms with Crippen LogP contribution in [-0.4, -0.2) is 20.7 Å². The van der Waals surface area contributed by atoms with Crippen LogP contribution in [0.15, 0.2) is 65.2 Å². The largest absolute Gasteiger partial charge is 0.441 e. The molecule has 0 aliphatic heterocycles. The first-order chi connectivity index (χ1) is 15.0. The van der Waals surface area contributed by atoms with E-state index in [2.05, 4.69) is 15.4 Å². The summed E-state index contributed by atoms with van der Waals surface area (Å²) < 4.78 is 7.67. The molecule has 0 spiro atoms. The maximum atomic E-state index is 12.4. The first-order valence-corrected chi connectivity index (χ1v) is 10.5. The minimum atomic E-state index is -0.0660. The van der Waals surface area contributed by atoms with Gasteiger partial charge in [0.05, 0.1) is 22.6 Å². The fourth-order valence-corrected chi connectivity index (χ4v) is 3.69. The van der Waals surface area contributed by atoms with Gasteiger partial charge in [-0.15, -0.1) is 0 Å². The molecule has 1 N–H and O–H groups in total. The Labute approximate surface area is 185 Å². The van der Waals surface area contributed by atoms with Crippen LogP contribution in [0.2, 0.25) is 5.02 Å². The van der Waals surface area contributed by atoms with Gasteiger partial charge in [-0.25, -0.2) is 9.67 Å². The molecule has 0 fully saturated rings. The lowest BCUT2D eigenvalue weighted by Gasteiger charge is -2.07. The molecule has 7 heteroatoms. The van der Waals surface area contributed by atoms with Gasteiger partial charge in [-0.2, -0.15) is 5.10 Å². The van der Waals surface area contributed by atoms with E-state index < -0.39 is 0 Å². The Kier molecular flexibility index (Phi) is 6.18. The molecule has 0 saturated carbocycles. The molecule has 4 rings (SSSR count). The van der Waals surface area contributed by atoms with Crippen molar-refractivity contribution >= 4 is 17.5 Å². The molecule has 0 aliphatic carbocycles. The monoisotopic (exact) mass is 434 g/mol. The summed E-state index contributed by atoms with van der Waals surface area (Å²) in [4.78, 5) is 16.7. The summed E-state index contributed by atoms with van der Waals surface area (Å²) in [5.41, 5.74) is 4.72. The number of halogens is 1. The van der Waals surface area contributed by atoms with E-state index in [0.29, 0.717) is 29.6 Å². The molecule has 0 unspecified atom stereocenters. The van der Waals surface area contributed by atoms with E-state index in [1.54, 1.807) is 12.3 Å². The van der Waals surface area contributed by atoms with E-state index in [0.717, 1.165) is 28.2 Å². The summed E-state index contributed by atoms with van der Waals surface area (Å²) in [6, 6.07) is 17.4. The van der Waals surface area contributed by atoms with E-state index in [-0.39, 0.29) is 12.3 Å². The van der Waals surface area contributed by atoms with Gasteiger partial charge in [-0.3, -0.25) is 4.79 Å². The summed E-state index contributed by atoms with van der Waals surface area (Å²) in [5.74, 6) is 1.04. The average Bonchev–Trinajstić information content (AvgIpc) is 3.36. The molecule has 158 valence electrons. The highest BCUT2D eigenvalue weighted by Gasteiger charge is 2.15. The van der Waals surface area contributed by atoms with Gasteiger partial charge in [0.25, 0.3) is 0 Å². The van der Waals surface area contributed by atoms with Gasteiger partial charge in [0.2, 0.25) is 5.91 Å². The van der Waals surface area contributed by atoms with Crippen molar-refractivity contribution in [3.8, 4) is 17.0 Å². The van der Waals surface area contributed by atoms with E-state index in [1.807, 2.05) is 67.1 Å². The molecule has 2 heterocycles. The van der Waals surface area contributed by atoms with Crippen LogP contribution in [0.1, 0.15) is 29.3 Å². The number of amides is 1. The van der Waals surface area contributed by atoms with E-state index in [1.165, 1.54) is 0 Å². The first-order valence-electron chi connectivity index (χ1n) is 10.1. The zero-order valence-corrected chi connectivity index (χ0v) is 18.2. The van der Waals surface area contributed by atoms with E-state index in [4.69, 9.17) is 16.0 Å². The molecule has 1 amide bonds. The highest BCUT2D eigenvalue weighted by molar-refractivity contribution is 6.33. The summed E-state index contributed by atoms with van der Waals surface area (Å²) in [6.07, 6.45) is 2.34. The lowest BCUT2D eigenvalue weighted by molar-refractivity contribution is -0.121. The second-order valence-electron chi connectivity index (χ2n) is 7.27. The molecule has 31 heavy (non-hydrogen) atoms. The number of carbonyl (C=O) groups excluding carboxylic acids is 1. The molecule has 4 aromatic rings. The Balaban J connectivity index is 1.35. The number of hydrogen-bond acceptors (Lipinski definition) is 4. The van der Waals surface area contributed by atoms with Crippen molar-refractivity contribution < 1.29 is 9.21 Å². The molecule has 2 aromatic carbocycles. The van der Waals surface area contributed by atoms with Gasteiger partial charge in [-0.05, 0) is 38.1 Å². The van der Waals surface area contributed by atoms with Crippen molar-refractivity contribution in [2.45, 2.75) is 33.2 Å². The van der Waals surface area contributed by atoms with Crippen molar-refractivity contribution in [3.63, 3.8) is 0 Å². The van der Waals surface area contributed by atoms with Crippen LogP contribution in [0, 0.1) is 13.8 Å². The van der Waals surface area contributed by atoms with Crippen LogP contribution in [0.4, 0.5) is 0 Å². The van der Waals surface area contributed by atoms with Gasteiger partial charge in [0.15, 0.2) is 11.7 Å². The van der Waals surface area contributed by atoms with E-state index >= 15 is 0 Å². The molecule has 0 bridgehead atoms. The van der Waals surface area contributed by atoms with Gasteiger partial charge in [0, 0.05) is 36.2 Å². The Bertz CT molecular complexity index is 1200. The lowest BCUT2D eigenvalue weighted by Crippen LogP contribution is -2.23. The number of hydrogen-bond donors (Lipinski definition) is 1. The molecule has 0 aliphatic rings. The maximum absolute atomic E-state index is 12.4. The third kappa shape index (κ3) is 4.70. The van der Waals surface area contributed by atoms with Gasteiger partial charge < -0.3 is 9.73 Å². The number of nitrogens with one attached hydrogen (secondary N) is 1. The standard InChI is InChI=1S/C24H23ClN4O2/c1-16-20(17(2)29(28-16)18-8-4-3-5-9-18)14-26-23(30)12-13-24-27-15-22(31-24)19-10-6-7-11-21(19)25/h3-11,15H,12-14H2,1-2H3,(H,26,30). The van der Waals surface area contributed by atoms with Crippen molar-refractivity contribution in [1.82, 2.24) is 20.1 Å². The highest BCUT2D eigenvalue weighted by atomic mass is 35.5. The molecular formula is C24H23ClN4O2. The molecule has 0 saturated heterocycles. The molecule has 6 nitrogen and oxygen atoms in total. The SMILES string of the molecule is Cc1nn(-c2ccccc2)c(C)c1CNC(=O)CCc1ncc(-c2ccccc2Cl)o1. The lowest BCUT2D eigenvalue weighted by atomic mass is 10.2. The fourth-order valence-electron chi connectivity index (χ4n) is 3.46. The molecular weight excluding hydrogens is 412 g/mol. The number of oxazole rings is 1. The van der Waals surface area contributed by atoms with Gasteiger partial charge in [-0.1, -0.05) is 41.9 Å². The highest BCUT2D eigenvalue weighted by Crippen LogP contribution is 2.28. The Morgan fingerprint density at radius 1 is 1.10 bits per heavy atom. The molecule has 0 radical (unpaired) electrons. The summed E-state index contributed by atoms with van der Waals surface area (Å²) >= 11 is 6.20. The number of carbonyl (C=O) groups is 1. The summed E-state index contributed by atoms with van der Waals surface area (Å²) in [7, 11) is 0. The number of aromatic nitrogens is 3. The minimum Gasteiger partial charge on any atom is -0.441 e. The predicted octanol–water partition coefficient (Wildman–Crippen LogP) is 5.05. The Morgan fingerprint density at radius 2 is 1.84 bits per heavy atom. The van der Waals surface area contributed by atoms with Gasteiger partial charge >= 0.3 is 0 Å². The van der Waals surface area contributed by atoms with Crippen LogP contribution in [0.3, 0.4) is 0 Å². The van der Waals surface area contributed by atoms with E-state index in [9.17, 15) is 4.79 Å². The number of aryl methyl sites for hydroxylation is 2. The quantitative estimate of drug-likeness (QED) is 0.442. The topological polar surface area (TPSA) is 73.0 Å². The Morgan fingerprint density at radius 3 is 2.61 bits per heavy atom. The predicted molar refractivity (Wildman–Crippen MR) is 120 cm³/mol. The van der Waals surface area contributed by atoms with Crippen molar-refractivity contribution in [1.29, 1.82) is 0 Å². The van der Waals surface area contributed by atoms with Crippen LogP contribution in [0.25, 0.3) is 17.0 Å². The number of benzene rings is 2. The van der Waals surface area contributed by atoms with Gasteiger partial charge in [0.1, 0.15) is 0 Å². The second kappa shape index (κ2) is 9.18. The van der Waals surface area contributed by atoms with Crippen LogP contribution in [-0.2, 0) is 17.8 Å². The first kappa shape index (κ1) is 20.9. The third-order valence-corrected chi connectivity index (χ3v) is 5.49. The van der Waals surface area contributed by atoms with Crippen molar-refractivity contribution in [3.05, 3.63) is 88.7 Å². The zero-order chi connectivity index (χ0) is 21.8. The number of para-hydroxylation sites is 1. The van der Waals surface area contributed by atoms with Crippen molar-refractivity contribution in [2.24, 2.45) is 0 Å². The second-order valence-corrected chi connectivity index (χ2v) is 7.68. The Hall–Kier alpha value is -3.38.